The van der Waals surface area contributed by atoms with E-state index in [4.69, 9.17) is 14.2 Å². The topological polar surface area (TPSA) is 60.9 Å². The van der Waals surface area contributed by atoms with E-state index in [9.17, 15) is 4.79 Å². The molecule has 0 N–H and O–H groups in total. The van der Waals surface area contributed by atoms with Gasteiger partial charge in [0, 0.05) is 24.8 Å². The number of fused-ring (bicyclic) bond motifs is 1. The first-order valence-electron chi connectivity index (χ1n) is 8.63. The molecule has 28 heavy (non-hydrogen) atoms. The lowest BCUT2D eigenvalue weighted by Crippen LogP contribution is -2.23. The molecule has 0 radical (unpaired) electrons. The number of methoxy groups -OCH3 is 3. The van der Waals surface area contributed by atoms with E-state index in [2.05, 4.69) is 4.98 Å². The van der Waals surface area contributed by atoms with Crippen LogP contribution in [0.1, 0.15) is 10.6 Å². The van der Waals surface area contributed by atoms with Crippen LogP contribution in [0.5, 0.6) is 17.2 Å². The molecule has 0 spiro atoms. The summed E-state index contributed by atoms with van der Waals surface area (Å²) in [7, 11) is 6.45. The Morgan fingerprint density at radius 2 is 1.75 bits per heavy atom. The number of thiazole rings is 1. The summed E-state index contributed by atoms with van der Waals surface area (Å²) >= 11 is 1.59. The van der Waals surface area contributed by atoms with Crippen LogP contribution in [0.3, 0.4) is 0 Å². The van der Waals surface area contributed by atoms with Gasteiger partial charge in [0.25, 0.3) is 0 Å². The third-order valence-electron chi connectivity index (χ3n) is 4.23. The zero-order valence-corrected chi connectivity index (χ0v) is 17.1. The number of benzene rings is 2. The monoisotopic (exact) mass is 398 g/mol. The van der Waals surface area contributed by atoms with Crippen LogP contribution in [0.25, 0.3) is 16.3 Å². The Morgan fingerprint density at radius 3 is 2.43 bits per heavy atom. The van der Waals surface area contributed by atoms with Gasteiger partial charge in [-0.25, -0.2) is 4.98 Å². The first kappa shape index (κ1) is 19.7. The summed E-state index contributed by atoms with van der Waals surface area (Å²) in [6.45, 7) is 0.450. The summed E-state index contributed by atoms with van der Waals surface area (Å²) < 4.78 is 17.1. The van der Waals surface area contributed by atoms with Gasteiger partial charge >= 0.3 is 0 Å². The number of carbonyl (C=O) groups excluding carboxylic acids is 1. The van der Waals surface area contributed by atoms with Crippen molar-refractivity contribution < 1.29 is 19.0 Å². The molecule has 0 aliphatic heterocycles. The maximum atomic E-state index is 12.5. The Balaban J connectivity index is 1.75. The molecule has 1 aromatic heterocycles. The lowest BCUT2D eigenvalue weighted by atomic mass is 10.1. The van der Waals surface area contributed by atoms with Crippen molar-refractivity contribution in [2.24, 2.45) is 0 Å². The Labute approximate surface area is 168 Å². The van der Waals surface area contributed by atoms with Gasteiger partial charge in [-0.15, -0.1) is 11.3 Å². The molecule has 6 nitrogen and oxygen atoms in total. The highest BCUT2D eigenvalue weighted by molar-refractivity contribution is 7.18. The van der Waals surface area contributed by atoms with Crippen molar-refractivity contribution in [3.8, 4) is 17.2 Å². The number of nitrogens with zero attached hydrogens (tertiary/aromatic N) is 2. The van der Waals surface area contributed by atoms with Crippen molar-refractivity contribution >= 4 is 33.5 Å². The lowest BCUT2D eigenvalue weighted by Gasteiger charge is -2.14. The van der Waals surface area contributed by atoms with Crippen LogP contribution in [-0.2, 0) is 11.3 Å². The quantitative estimate of drug-likeness (QED) is 0.563. The van der Waals surface area contributed by atoms with Crippen molar-refractivity contribution in [2.45, 2.75) is 6.54 Å². The third-order valence-corrected chi connectivity index (χ3v) is 5.25. The average molecular weight is 398 g/mol. The van der Waals surface area contributed by atoms with Gasteiger partial charge < -0.3 is 19.1 Å². The van der Waals surface area contributed by atoms with Crippen molar-refractivity contribution in [2.75, 3.05) is 28.4 Å². The van der Waals surface area contributed by atoms with Crippen LogP contribution in [-0.4, -0.2) is 44.2 Å². The Bertz CT molecular complexity index is 980. The van der Waals surface area contributed by atoms with Gasteiger partial charge in [-0.05, 0) is 24.3 Å². The average Bonchev–Trinajstić information content (AvgIpc) is 3.13. The van der Waals surface area contributed by atoms with Gasteiger partial charge in [-0.1, -0.05) is 12.1 Å². The molecule has 2 aromatic carbocycles. The summed E-state index contributed by atoms with van der Waals surface area (Å²) in [4.78, 5) is 18.7. The fourth-order valence-electron chi connectivity index (χ4n) is 2.74. The van der Waals surface area contributed by atoms with E-state index in [1.165, 1.54) is 6.08 Å². The number of para-hydroxylation sites is 1. The molecule has 0 bridgehead atoms. The summed E-state index contributed by atoms with van der Waals surface area (Å²) in [5, 5.41) is 0.897. The van der Waals surface area contributed by atoms with E-state index >= 15 is 0 Å². The second-order valence-corrected chi connectivity index (χ2v) is 7.17. The molecule has 0 saturated carbocycles. The maximum Gasteiger partial charge on any atom is 0.246 e. The van der Waals surface area contributed by atoms with Crippen molar-refractivity contribution in [3.63, 3.8) is 0 Å². The molecular formula is C21H22N2O4S. The standard InChI is InChI=1S/C21H22N2O4S/c1-23(13-20-22-15-7-5-6-8-19(15)28-20)21(24)10-9-14-11-17(26-3)18(27-4)12-16(14)25-2/h5-12H,13H2,1-4H3/b10-9+. The first-order valence-corrected chi connectivity index (χ1v) is 9.45. The van der Waals surface area contributed by atoms with E-state index in [0.29, 0.717) is 23.8 Å². The predicted octanol–water partition coefficient (Wildman–Crippen LogP) is 3.99. The van der Waals surface area contributed by atoms with Gasteiger partial charge in [0.1, 0.15) is 10.8 Å². The maximum absolute atomic E-state index is 12.5. The number of ether oxygens (including phenoxy) is 3. The molecule has 146 valence electrons. The normalized spacial score (nSPS) is 11.0. The molecule has 0 unspecified atom stereocenters. The van der Waals surface area contributed by atoms with Crippen LogP contribution in [0.15, 0.2) is 42.5 Å². The van der Waals surface area contributed by atoms with Gasteiger partial charge in [0.15, 0.2) is 11.5 Å². The number of hydrogen-bond donors (Lipinski definition) is 0. The Morgan fingerprint density at radius 1 is 1.07 bits per heavy atom. The van der Waals surface area contributed by atoms with Crippen LogP contribution >= 0.6 is 11.3 Å². The van der Waals surface area contributed by atoms with E-state index in [0.717, 1.165) is 20.8 Å². The van der Waals surface area contributed by atoms with E-state index in [-0.39, 0.29) is 5.91 Å². The van der Waals surface area contributed by atoms with Gasteiger partial charge in [0.2, 0.25) is 5.91 Å². The summed E-state index contributed by atoms with van der Waals surface area (Å²) in [6, 6.07) is 11.4. The minimum Gasteiger partial charge on any atom is -0.496 e. The number of carbonyl (C=O) groups is 1. The minimum atomic E-state index is -0.129. The zero-order valence-electron chi connectivity index (χ0n) is 16.3. The lowest BCUT2D eigenvalue weighted by molar-refractivity contribution is -0.125. The molecule has 3 rings (SSSR count). The molecular weight excluding hydrogens is 376 g/mol. The number of hydrogen-bond acceptors (Lipinski definition) is 6. The van der Waals surface area contributed by atoms with E-state index in [1.807, 2.05) is 24.3 Å². The highest BCUT2D eigenvalue weighted by atomic mass is 32.1. The highest BCUT2D eigenvalue weighted by Gasteiger charge is 2.12. The predicted molar refractivity (Wildman–Crippen MR) is 111 cm³/mol. The summed E-state index contributed by atoms with van der Waals surface area (Å²) in [6.07, 6.45) is 3.22. The van der Waals surface area contributed by atoms with Gasteiger partial charge in [-0.3, -0.25) is 4.79 Å². The Kier molecular flexibility index (Phi) is 6.16. The van der Waals surface area contributed by atoms with Crippen molar-refractivity contribution in [1.82, 2.24) is 9.88 Å². The molecule has 0 atom stereocenters. The van der Waals surface area contributed by atoms with Crippen LogP contribution in [0, 0.1) is 0 Å². The smallest absolute Gasteiger partial charge is 0.246 e. The highest BCUT2D eigenvalue weighted by Crippen LogP contribution is 2.35. The number of rotatable bonds is 7. The first-order chi connectivity index (χ1) is 13.5. The molecule has 0 aliphatic rings. The zero-order chi connectivity index (χ0) is 20.1. The minimum absolute atomic E-state index is 0.129. The molecule has 0 saturated heterocycles. The SMILES string of the molecule is COc1cc(OC)c(OC)cc1/C=C/C(=O)N(C)Cc1nc2ccccc2s1. The fraction of sp³-hybridized carbons (Fsp3) is 0.238. The molecule has 1 heterocycles. The van der Waals surface area contributed by atoms with Crippen LogP contribution in [0.4, 0.5) is 0 Å². The second kappa shape index (κ2) is 8.75. The summed E-state index contributed by atoms with van der Waals surface area (Å²) in [5.41, 5.74) is 1.68. The van der Waals surface area contributed by atoms with Crippen molar-refractivity contribution in [3.05, 3.63) is 53.0 Å². The third kappa shape index (κ3) is 4.26. The summed E-state index contributed by atoms with van der Waals surface area (Å²) in [5.74, 6) is 1.60. The molecule has 0 fully saturated rings. The number of aromatic nitrogens is 1. The van der Waals surface area contributed by atoms with Crippen LogP contribution in [0.2, 0.25) is 0 Å². The Hall–Kier alpha value is -3.06. The van der Waals surface area contributed by atoms with Crippen LogP contribution < -0.4 is 14.2 Å². The molecule has 3 aromatic rings. The molecule has 7 heteroatoms. The molecule has 0 aliphatic carbocycles. The largest absolute Gasteiger partial charge is 0.496 e. The number of likely N-dealkylation sites (N-methyl/N-ethyl adjacent to an activating group) is 1. The van der Waals surface area contributed by atoms with E-state index in [1.54, 1.807) is 62.8 Å². The van der Waals surface area contributed by atoms with E-state index < -0.39 is 0 Å². The van der Waals surface area contributed by atoms with Gasteiger partial charge in [-0.2, -0.15) is 0 Å². The number of amides is 1. The molecule has 1 amide bonds. The second-order valence-electron chi connectivity index (χ2n) is 6.05. The van der Waals surface area contributed by atoms with Gasteiger partial charge in [0.05, 0.1) is 38.1 Å². The van der Waals surface area contributed by atoms with Crippen molar-refractivity contribution in [1.29, 1.82) is 0 Å². The fourth-order valence-corrected chi connectivity index (χ4v) is 3.76.